The summed E-state index contributed by atoms with van der Waals surface area (Å²) in [5, 5.41) is 0. The third-order valence-electron chi connectivity index (χ3n) is 2.98. The molecule has 15 heavy (non-hydrogen) atoms. The van der Waals surface area contributed by atoms with Gasteiger partial charge in [-0.15, -0.1) is 0 Å². The zero-order chi connectivity index (χ0) is 11.3. The molecule has 1 unspecified atom stereocenters. The molecule has 1 aliphatic rings. The molecule has 0 spiro atoms. The Balaban J connectivity index is 2.71. The van der Waals surface area contributed by atoms with E-state index in [1.165, 1.54) is 6.08 Å². The van der Waals surface area contributed by atoms with Crippen molar-refractivity contribution < 1.29 is 14.3 Å². The molecule has 0 saturated heterocycles. The summed E-state index contributed by atoms with van der Waals surface area (Å²) >= 11 is 0. The Labute approximate surface area is 90.5 Å². The van der Waals surface area contributed by atoms with Gasteiger partial charge >= 0.3 is 5.97 Å². The van der Waals surface area contributed by atoms with Crippen LogP contribution in [-0.4, -0.2) is 18.4 Å². The van der Waals surface area contributed by atoms with Gasteiger partial charge in [0.05, 0.1) is 0 Å². The molecule has 0 aromatic rings. The summed E-state index contributed by atoms with van der Waals surface area (Å²) < 4.78 is 4.98. The average Bonchev–Trinajstić information content (AvgIpc) is 2.39. The molecule has 0 aromatic heterocycles. The van der Waals surface area contributed by atoms with E-state index in [9.17, 15) is 9.59 Å². The molecule has 0 aromatic carbocycles. The average molecular weight is 210 g/mol. The van der Waals surface area contributed by atoms with Gasteiger partial charge in [0.15, 0.2) is 0 Å². The Bertz CT molecular complexity index is 270. The number of hydrogen-bond acceptors (Lipinski definition) is 3. The molecule has 1 aliphatic carbocycles. The van der Waals surface area contributed by atoms with Crippen molar-refractivity contribution in [1.29, 1.82) is 0 Å². The highest BCUT2D eigenvalue weighted by atomic mass is 16.5. The van der Waals surface area contributed by atoms with Crippen LogP contribution in [0.4, 0.5) is 0 Å². The van der Waals surface area contributed by atoms with Crippen LogP contribution in [0.1, 0.15) is 39.0 Å². The molecule has 0 heterocycles. The molecule has 84 valence electrons. The van der Waals surface area contributed by atoms with Crippen LogP contribution in [0.2, 0.25) is 0 Å². The molecule has 1 rings (SSSR count). The molecular weight excluding hydrogens is 192 g/mol. The Kier molecular flexibility index (Phi) is 4.06. The van der Waals surface area contributed by atoms with Crippen molar-refractivity contribution in [2.24, 2.45) is 5.41 Å². The Morgan fingerprint density at radius 3 is 2.93 bits per heavy atom. The molecule has 0 N–H and O–H groups in total. The SMILES string of the molecule is C=CCOC(=O)C1(C)CCCCCC1=O. The van der Waals surface area contributed by atoms with Crippen LogP contribution >= 0.6 is 0 Å². The van der Waals surface area contributed by atoms with Crippen LogP contribution in [0.5, 0.6) is 0 Å². The highest BCUT2D eigenvalue weighted by molar-refractivity contribution is 6.03. The Morgan fingerprint density at radius 1 is 1.53 bits per heavy atom. The van der Waals surface area contributed by atoms with E-state index in [2.05, 4.69) is 6.58 Å². The maximum atomic E-state index is 11.8. The predicted octanol–water partition coefficient (Wildman–Crippen LogP) is 2.26. The summed E-state index contributed by atoms with van der Waals surface area (Å²) in [6, 6.07) is 0. The first-order valence-corrected chi connectivity index (χ1v) is 5.42. The number of ketones is 1. The number of esters is 1. The molecule has 0 amide bonds. The van der Waals surface area contributed by atoms with E-state index in [1.807, 2.05) is 0 Å². The molecule has 1 atom stereocenters. The van der Waals surface area contributed by atoms with Crippen molar-refractivity contribution in [1.82, 2.24) is 0 Å². The van der Waals surface area contributed by atoms with E-state index < -0.39 is 11.4 Å². The Morgan fingerprint density at radius 2 is 2.27 bits per heavy atom. The first kappa shape index (κ1) is 12.0. The minimum Gasteiger partial charge on any atom is -0.461 e. The first-order chi connectivity index (χ1) is 7.11. The van der Waals surface area contributed by atoms with Crippen LogP contribution in [0.3, 0.4) is 0 Å². The minimum absolute atomic E-state index is 0.0223. The predicted molar refractivity (Wildman–Crippen MR) is 57.4 cm³/mol. The van der Waals surface area contributed by atoms with E-state index in [0.717, 1.165) is 19.3 Å². The number of carbonyl (C=O) groups is 2. The standard InChI is InChI=1S/C12H18O3/c1-3-9-15-11(14)12(2)8-6-4-5-7-10(12)13/h3H,1,4-9H2,2H3. The fourth-order valence-electron chi connectivity index (χ4n) is 1.87. The second-order valence-electron chi connectivity index (χ2n) is 4.20. The van der Waals surface area contributed by atoms with E-state index in [0.29, 0.717) is 12.8 Å². The van der Waals surface area contributed by atoms with Crippen LogP contribution in [0, 0.1) is 5.41 Å². The van der Waals surface area contributed by atoms with Crippen LogP contribution < -0.4 is 0 Å². The maximum Gasteiger partial charge on any atom is 0.319 e. The second-order valence-corrected chi connectivity index (χ2v) is 4.20. The fraction of sp³-hybridized carbons (Fsp3) is 0.667. The van der Waals surface area contributed by atoms with Crippen molar-refractivity contribution in [2.45, 2.75) is 39.0 Å². The molecule has 1 fully saturated rings. The molecular formula is C12H18O3. The summed E-state index contributed by atoms with van der Waals surface area (Å²) in [6.45, 7) is 5.36. The zero-order valence-electron chi connectivity index (χ0n) is 9.25. The largest absolute Gasteiger partial charge is 0.461 e. The lowest BCUT2D eigenvalue weighted by Gasteiger charge is -2.23. The third kappa shape index (κ3) is 2.67. The van der Waals surface area contributed by atoms with Crippen molar-refractivity contribution in [2.75, 3.05) is 6.61 Å². The van der Waals surface area contributed by atoms with Gasteiger partial charge in [0.1, 0.15) is 17.8 Å². The minimum atomic E-state index is -0.917. The van der Waals surface area contributed by atoms with Gasteiger partial charge in [-0.05, 0) is 19.8 Å². The molecule has 3 heteroatoms. The van der Waals surface area contributed by atoms with Gasteiger partial charge in [-0.1, -0.05) is 25.5 Å². The van der Waals surface area contributed by atoms with Gasteiger partial charge in [-0.25, -0.2) is 0 Å². The van der Waals surface area contributed by atoms with Gasteiger partial charge in [0, 0.05) is 6.42 Å². The van der Waals surface area contributed by atoms with Crippen molar-refractivity contribution >= 4 is 11.8 Å². The smallest absolute Gasteiger partial charge is 0.319 e. The van der Waals surface area contributed by atoms with Gasteiger partial charge in [0.2, 0.25) is 0 Å². The summed E-state index contributed by atoms with van der Waals surface area (Å²) in [5.41, 5.74) is -0.917. The normalized spacial score (nSPS) is 26.9. The summed E-state index contributed by atoms with van der Waals surface area (Å²) in [4.78, 5) is 23.6. The lowest BCUT2D eigenvalue weighted by molar-refractivity contribution is -0.158. The van der Waals surface area contributed by atoms with E-state index in [1.54, 1.807) is 6.92 Å². The molecule has 0 aliphatic heterocycles. The van der Waals surface area contributed by atoms with E-state index in [4.69, 9.17) is 4.74 Å². The lowest BCUT2D eigenvalue weighted by Crippen LogP contribution is -2.37. The Hall–Kier alpha value is -1.12. The highest BCUT2D eigenvalue weighted by Crippen LogP contribution is 2.32. The first-order valence-electron chi connectivity index (χ1n) is 5.42. The number of rotatable bonds is 3. The van der Waals surface area contributed by atoms with Gasteiger partial charge in [-0.3, -0.25) is 9.59 Å². The monoisotopic (exact) mass is 210 g/mol. The summed E-state index contributed by atoms with van der Waals surface area (Å²) in [6.07, 6.45) is 5.47. The molecule has 0 radical (unpaired) electrons. The topological polar surface area (TPSA) is 43.4 Å². The zero-order valence-corrected chi connectivity index (χ0v) is 9.25. The third-order valence-corrected chi connectivity index (χ3v) is 2.98. The number of Topliss-reactive ketones (excluding diaryl/α,β-unsaturated/α-hetero) is 1. The number of hydrogen-bond donors (Lipinski definition) is 0. The number of carbonyl (C=O) groups excluding carboxylic acids is 2. The van der Waals surface area contributed by atoms with Gasteiger partial charge < -0.3 is 4.74 Å². The highest BCUT2D eigenvalue weighted by Gasteiger charge is 2.42. The van der Waals surface area contributed by atoms with E-state index in [-0.39, 0.29) is 12.4 Å². The molecule has 3 nitrogen and oxygen atoms in total. The van der Waals surface area contributed by atoms with Crippen molar-refractivity contribution in [3.05, 3.63) is 12.7 Å². The molecule has 1 saturated carbocycles. The number of ether oxygens (including phenoxy) is 1. The van der Waals surface area contributed by atoms with Crippen molar-refractivity contribution in [3.8, 4) is 0 Å². The lowest BCUT2D eigenvalue weighted by atomic mass is 9.81. The quantitative estimate of drug-likeness (QED) is 0.310. The van der Waals surface area contributed by atoms with Gasteiger partial charge in [0.25, 0.3) is 0 Å². The van der Waals surface area contributed by atoms with Crippen LogP contribution in [0.25, 0.3) is 0 Å². The van der Waals surface area contributed by atoms with Crippen LogP contribution in [0.15, 0.2) is 12.7 Å². The van der Waals surface area contributed by atoms with Crippen LogP contribution in [-0.2, 0) is 14.3 Å². The molecule has 0 bridgehead atoms. The summed E-state index contributed by atoms with van der Waals surface area (Å²) in [7, 11) is 0. The van der Waals surface area contributed by atoms with E-state index >= 15 is 0 Å². The second kappa shape index (κ2) is 5.10. The van der Waals surface area contributed by atoms with Crippen molar-refractivity contribution in [3.63, 3.8) is 0 Å². The summed E-state index contributed by atoms with van der Waals surface area (Å²) in [5.74, 6) is -0.372. The van der Waals surface area contributed by atoms with Gasteiger partial charge in [-0.2, -0.15) is 0 Å². The fourth-order valence-corrected chi connectivity index (χ4v) is 1.87. The maximum absolute atomic E-state index is 11.8.